The number of hydrogen-bond acceptors (Lipinski definition) is 5. The van der Waals surface area contributed by atoms with Gasteiger partial charge in [0.2, 0.25) is 11.8 Å². The second kappa shape index (κ2) is 6.04. The van der Waals surface area contributed by atoms with E-state index in [0.717, 1.165) is 5.56 Å². The number of carbonyl (C=O) groups is 1. The lowest BCUT2D eigenvalue weighted by atomic mass is 10.2. The Hall–Kier alpha value is -2.89. The molecule has 2 aromatic heterocycles. The lowest BCUT2D eigenvalue weighted by molar-refractivity contribution is 0.0926. The monoisotopic (exact) mass is 283 g/mol. The molecule has 1 aromatic carbocycles. The van der Waals surface area contributed by atoms with Crippen molar-refractivity contribution in [1.29, 1.82) is 0 Å². The number of hydrogen-bond donors (Lipinski definition) is 1. The number of nitrogens with one attached hydrogen (secondary N) is 1. The Morgan fingerprint density at radius 2 is 1.95 bits per heavy atom. The molecule has 6 heteroatoms. The molecular formula is C15H13N3O3. The van der Waals surface area contributed by atoms with Crippen molar-refractivity contribution in [2.75, 3.05) is 6.54 Å². The summed E-state index contributed by atoms with van der Waals surface area (Å²) >= 11 is 0. The van der Waals surface area contributed by atoms with Gasteiger partial charge in [-0.15, -0.1) is 10.2 Å². The van der Waals surface area contributed by atoms with Gasteiger partial charge in [0.05, 0.1) is 6.26 Å². The first-order chi connectivity index (χ1) is 10.3. The average Bonchev–Trinajstić information content (AvgIpc) is 3.20. The van der Waals surface area contributed by atoms with E-state index in [1.54, 1.807) is 12.1 Å². The predicted molar refractivity (Wildman–Crippen MR) is 74.5 cm³/mol. The fourth-order valence-corrected chi connectivity index (χ4v) is 1.83. The van der Waals surface area contributed by atoms with Crippen LogP contribution in [0.25, 0.3) is 11.5 Å². The Morgan fingerprint density at radius 1 is 1.10 bits per heavy atom. The zero-order valence-electron chi connectivity index (χ0n) is 11.2. The van der Waals surface area contributed by atoms with Crippen LogP contribution in [0, 0.1) is 0 Å². The molecule has 0 saturated carbocycles. The van der Waals surface area contributed by atoms with Crippen LogP contribution in [0.5, 0.6) is 0 Å². The molecule has 0 saturated heterocycles. The standard InChI is InChI=1S/C15H13N3O3/c19-14(12-7-4-10-20-12)16-9-8-13-17-18-15(21-13)11-5-2-1-3-6-11/h1-7,10H,8-9H2,(H,16,19). The maximum atomic E-state index is 11.7. The van der Waals surface area contributed by atoms with Gasteiger partial charge in [-0.05, 0) is 24.3 Å². The molecule has 2 heterocycles. The third-order valence-electron chi connectivity index (χ3n) is 2.86. The minimum atomic E-state index is -0.261. The first-order valence-electron chi connectivity index (χ1n) is 6.52. The molecule has 21 heavy (non-hydrogen) atoms. The number of carbonyl (C=O) groups excluding carboxylic acids is 1. The van der Waals surface area contributed by atoms with Crippen molar-refractivity contribution in [2.24, 2.45) is 0 Å². The van der Waals surface area contributed by atoms with Crippen molar-refractivity contribution in [3.8, 4) is 11.5 Å². The van der Waals surface area contributed by atoms with Gasteiger partial charge in [0.1, 0.15) is 0 Å². The Morgan fingerprint density at radius 3 is 2.71 bits per heavy atom. The van der Waals surface area contributed by atoms with Crippen molar-refractivity contribution in [3.05, 3.63) is 60.4 Å². The molecule has 0 bridgehead atoms. The lowest BCUT2D eigenvalue weighted by Crippen LogP contribution is -2.25. The Bertz CT molecular complexity index is 705. The predicted octanol–water partition coefficient (Wildman–Crippen LogP) is 2.30. The molecule has 0 aliphatic carbocycles. The molecule has 0 aliphatic rings. The minimum Gasteiger partial charge on any atom is -0.459 e. The maximum Gasteiger partial charge on any atom is 0.286 e. The summed E-state index contributed by atoms with van der Waals surface area (Å²) in [5, 5.41) is 10.7. The fraction of sp³-hybridized carbons (Fsp3) is 0.133. The number of rotatable bonds is 5. The van der Waals surface area contributed by atoms with E-state index in [0.29, 0.717) is 24.7 Å². The van der Waals surface area contributed by atoms with Crippen molar-refractivity contribution in [2.45, 2.75) is 6.42 Å². The molecule has 106 valence electrons. The molecule has 0 fully saturated rings. The maximum absolute atomic E-state index is 11.7. The molecule has 1 N–H and O–H groups in total. The lowest BCUT2D eigenvalue weighted by Gasteiger charge is -1.99. The van der Waals surface area contributed by atoms with Crippen LogP contribution >= 0.6 is 0 Å². The fourth-order valence-electron chi connectivity index (χ4n) is 1.83. The van der Waals surface area contributed by atoms with Gasteiger partial charge >= 0.3 is 0 Å². The second-order valence-electron chi connectivity index (χ2n) is 4.35. The van der Waals surface area contributed by atoms with Gasteiger partial charge in [-0.2, -0.15) is 0 Å². The molecule has 1 amide bonds. The van der Waals surface area contributed by atoms with Gasteiger partial charge in [0, 0.05) is 18.5 Å². The molecule has 3 aromatic rings. The smallest absolute Gasteiger partial charge is 0.286 e. The third-order valence-corrected chi connectivity index (χ3v) is 2.86. The number of aromatic nitrogens is 2. The number of amides is 1. The first-order valence-corrected chi connectivity index (χ1v) is 6.52. The van der Waals surface area contributed by atoms with E-state index >= 15 is 0 Å². The highest BCUT2D eigenvalue weighted by Crippen LogP contribution is 2.16. The highest BCUT2D eigenvalue weighted by molar-refractivity contribution is 5.91. The van der Waals surface area contributed by atoms with E-state index in [-0.39, 0.29) is 11.7 Å². The van der Waals surface area contributed by atoms with Crippen LogP contribution in [-0.2, 0) is 6.42 Å². The van der Waals surface area contributed by atoms with Crippen molar-refractivity contribution in [3.63, 3.8) is 0 Å². The Balaban J connectivity index is 1.55. The van der Waals surface area contributed by atoms with Gasteiger partial charge in [0.15, 0.2) is 5.76 Å². The van der Waals surface area contributed by atoms with Crippen LogP contribution in [0.3, 0.4) is 0 Å². The second-order valence-corrected chi connectivity index (χ2v) is 4.35. The van der Waals surface area contributed by atoms with E-state index in [1.807, 2.05) is 30.3 Å². The summed E-state index contributed by atoms with van der Waals surface area (Å²) in [6, 6.07) is 12.8. The molecule has 0 aliphatic heterocycles. The highest BCUT2D eigenvalue weighted by atomic mass is 16.4. The third kappa shape index (κ3) is 3.17. The summed E-state index contributed by atoms with van der Waals surface area (Å²) in [7, 11) is 0. The topological polar surface area (TPSA) is 81.2 Å². The first kappa shape index (κ1) is 13.1. The summed E-state index contributed by atoms with van der Waals surface area (Å²) < 4.78 is 10.5. The van der Waals surface area contributed by atoms with Gasteiger partial charge in [-0.25, -0.2) is 0 Å². The summed E-state index contributed by atoms with van der Waals surface area (Å²) in [5.41, 5.74) is 0.871. The van der Waals surface area contributed by atoms with Crippen LogP contribution in [0.1, 0.15) is 16.4 Å². The minimum absolute atomic E-state index is 0.261. The molecule has 0 atom stereocenters. The van der Waals surface area contributed by atoms with Gasteiger partial charge < -0.3 is 14.2 Å². The number of benzene rings is 1. The van der Waals surface area contributed by atoms with E-state index in [4.69, 9.17) is 8.83 Å². The van der Waals surface area contributed by atoms with E-state index in [2.05, 4.69) is 15.5 Å². The molecule has 0 unspecified atom stereocenters. The zero-order valence-corrected chi connectivity index (χ0v) is 11.2. The van der Waals surface area contributed by atoms with E-state index in [1.165, 1.54) is 6.26 Å². The van der Waals surface area contributed by atoms with Gasteiger partial charge in [0.25, 0.3) is 5.91 Å². The Labute approximate surface area is 120 Å². The van der Waals surface area contributed by atoms with Crippen LogP contribution in [-0.4, -0.2) is 22.6 Å². The normalized spacial score (nSPS) is 10.5. The quantitative estimate of drug-likeness (QED) is 0.777. The number of furan rings is 1. The Kier molecular flexibility index (Phi) is 3.77. The van der Waals surface area contributed by atoms with Crippen molar-refractivity contribution >= 4 is 5.91 Å². The zero-order chi connectivity index (χ0) is 14.5. The van der Waals surface area contributed by atoms with Crippen LogP contribution in [0.2, 0.25) is 0 Å². The summed E-state index contributed by atoms with van der Waals surface area (Å²) in [6.07, 6.45) is 1.92. The average molecular weight is 283 g/mol. The van der Waals surface area contributed by atoms with Crippen LogP contribution in [0.4, 0.5) is 0 Å². The summed E-state index contributed by atoms with van der Waals surface area (Å²) in [4.78, 5) is 11.7. The summed E-state index contributed by atoms with van der Waals surface area (Å²) in [5.74, 6) is 0.977. The molecular weight excluding hydrogens is 270 g/mol. The molecule has 3 rings (SSSR count). The number of nitrogens with zero attached hydrogens (tertiary/aromatic N) is 2. The van der Waals surface area contributed by atoms with E-state index < -0.39 is 0 Å². The van der Waals surface area contributed by atoms with Crippen LogP contribution < -0.4 is 5.32 Å². The van der Waals surface area contributed by atoms with Crippen molar-refractivity contribution < 1.29 is 13.6 Å². The largest absolute Gasteiger partial charge is 0.459 e. The van der Waals surface area contributed by atoms with E-state index in [9.17, 15) is 4.79 Å². The highest BCUT2D eigenvalue weighted by Gasteiger charge is 2.10. The molecule has 6 nitrogen and oxygen atoms in total. The van der Waals surface area contributed by atoms with Crippen molar-refractivity contribution in [1.82, 2.24) is 15.5 Å². The molecule has 0 radical (unpaired) electrons. The summed E-state index contributed by atoms with van der Waals surface area (Å²) in [6.45, 7) is 0.399. The van der Waals surface area contributed by atoms with Crippen LogP contribution in [0.15, 0.2) is 57.6 Å². The molecule has 0 spiro atoms. The SMILES string of the molecule is O=C(NCCc1nnc(-c2ccccc2)o1)c1ccco1. The van der Waals surface area contributed by atoms with Gasteiger partial charge in [-0.1, -0.05) is 18.2 Å². The van der Waals surface area contributed by atoms with Gasteiger partial charge in [-0.3, -0.25) is 4.79 Å².